The molecule has 0 atom stereocenters. The van der Waals surface area contributed by atoms with Crippen molar-refractivity contribution in [1.82, 2.24) is 0 Å². The molecule has 0 saturated carbocycles. The molecule has 0 radical (unpaired) electrons. The van der Waals surface area contributed by atoms with Crippen molar-refractivity contribution in [3.8, 4) is 5.75 Å². The summed E-state index contributed by atoms with van der Waals surface area (Å²) in [5, 5.41) is 5.18. The molecule has 7 nitrogen and oxygen atoms in total. The maximum absolute atomic E-state index is 12.0. The number of anilines is 2. The van der Waals surface area contributed by atoms with Gasteiger partial charge in [0.2, 0.25) is 5.91 Å². The quantitative estimate of drug-likeness (QED) is 0.819. The normalized spacial score (nSPS) is 10.8. The van der Waals surface area contributed by atoms with E-state index in [2.05, 4.69) is 10.6 Å². The van der Waals surface area contributed by atoms with Gasteiger partial charge >= 0.3 is 0 Å². The second-order valence-corrected chi connectivity index (χ2v) is 7.33. The maximum atomic E-state index is 12.0. The van der Waals surface area contributed by atoms with Crippen molar-refractivity contribution in [2.75, 3.05) is 23.5 Å². The summed E-state index contributed by atoms with van der Waals surface area (Å²) in [6.45, 7) is 1.08. The van der Waals surface area contributed by atoms with E-state index >= 15 is 0 Å². The standard InChI is InChI=1S/C17H18N2O5S/c1-12(20)18-15-8-3-4-9-16(15)24-11-17(21)19-13-6-5-7-14(10-13)25(2,22)23/h3-10H,11H2,1-2H3,(H,18,20)(H,19,21). The Bertz CT molecular complexity index is 893. The Morgan fingerprint density at radius 3 is 2.44 bits per heavy atom. The molecule has 0 aliphatic heterocycles. The minimum atomic E-state index is -3.36. The Balaban J connectivity index is 2.01. The SMILES string of the molecule is CC(=O)Nc1ccccc1OCC(=O)Nc1cccc(S(C)(=O)=O)c1. The van der Waals surface area contributed by atoms with Crippen LogP contribution in [-0.2, 0) is 19.4 Å². The fourth-order valence-corrected chi connectivity index (χ4v) is 2.70. The van der Waals surface area contributed by atoms with Gasteiger partial charge < -0.3 is 15.4 Å². The summed E-state index contributed by atoms with van der Waals surface area (Å²) in [5.74, 6) is -0.348. The van der Waals surface area contributed by atoms with Crippen molar-refractivity contribution < 1.29 is 22.7 Å². The molecule has 2 aromatic rings. The number of benzene rings is 2. The Kier molecular flexibility index (Phi) is 5.76. The third-order valence-electron chi connectivity index (χ3n) is 3.10. The summed E-state index contributed by atoms with van der Waals surface area (Å²) < 4.78 is 28.5. The minimum absolute atomic E-state index is 0.113. The fraction of sp³-hybridized carbons (Fsp3) is 0.176. The van der Waals surface area contributed by atoms with Crippen LogP contribution < -0.4 is 15.4 Å². The van der Waals surface area contributed by atoms with Crippen LogP contribution in [0.4, 0.5) is 11.4 Å². The summed E-state index contributed by atoms with van der Waals surface area (Å²) in [4.78, 5) is 23.3. The molecular weight excluding hydrogens is 344 g/mol. The number of rotatable bonds is 6. The molecule has 132 valence electrons. The molecule has 8 heteroatoms. The molecule has 2 N–H and O–H groups in total. The van der Waals surface area contributed by atoms with Crippen LogP contribution in [-0.4, -0.2) is 33.1 Å². The van der Waals surface area contributed by atoms with Gasteiger partial charge in [-0.25, -0.2) is 8.42 Å². The summed E-state index contributed by atoms with van der Waals surface area (Å²) in [5.41, 5.74) is 0.813. The monoisotopic (exact) mass is 362 g/mol. The summed E-state index contributed by atoms with van der Waals surface area (Å²) >= 11 is 0. The molecule has 0 fully saturated rings. The van der Waals surface area contributed by atoms with Crippen LogP contribution in [0.5, 0.6) is 5.75 Å². The zero-order chi connectivity index (χ0) is 18.4. The van der Waals surface area contributed by atoms with Crippen molar-refractivity contribution in [3.05, 3.63) is 48.5 Å². The second-order valence-electron chi connectivity index (χ2n) is 5.31. The molecule has 0 unspecified atom stereocenters. The smallest absolute Gasteiger partial charge is 0.262 e. The van der Waals surface area contributed by atoms with Gasteiger partial charge in [0.1, 0.15) is 5.75 Å². The summed E-state index contributed by atoms with van der Waals surface area (Å²) in [7, 11) is -3.36. The first kappa shape index (κ1) is 18.5. The van der Waals surface area contributed by atoms with Gasteiger partial charge in [-0.05, 0) is 30.3 Å². The van der Waals surface area contributed by atoms with E-state index < -0.39 is 15.7 Å². The van der Waals surface area contributed by atoms with Crippen LogP contribution in [0.25, 0.3) is 0 Å². The van der Waals surface area contributed by atoms with E-state index in [0.717, 1.165) is 6.26 Å². The average molecular weight is 362 g/mol. The zero-order valence-corrected chi connectivity index (χ0v) is 14.6. The molecule has 2 rings (SSSR count). The summed E-state index contributed by atoms with van der Waals surface area (Å²) in [6, 6.07) is 12.7. The van der Waals surface area contributed by atoms with Gasteiger partial charge in [0.05, 0.1) is 10.6 Å². The van der Waals surface area contributed by atoms with Crippen molar-refractivity contribution in [3.63, 3.8) is 0 Å². The number of amides is 2. The largest absolute Gasteiger partial charge is 0.482 e. The number of hydrogen-bond donors (Lipinski definition) is 2. The molecule has 0 heterocycles. The number of carbonyl (C=O) groups excluding carboxylic acids is 2. The van der Waals surface area contributed by atoms with Crippen LogP contribution in [0, 0.1) is 0 Å². The minimum Gasteiger partial charge on any atom is -0.482 e. The van der Waals surface area contributed by atoms with Gasteiger partial charge in [-0.3, -0.25) is 9.59 Å². The van der Waals surface area contributed by atoms with Gasteiger partial charge in [0, 0.05) is 18.9 Å². The Labute approximate surface area is 145 Å². The molecule has 0 spiro atoms. The van der Waals surface area contributed by atoms with Crippen molar-refractivity contribution in [2.45, 2.75) is 11.8 Å². The van der Waals surface area contributed by atoms with Gasteiger partial charge in [0.25, 0.3) is 5.91 Å². The third kappa shape index (κ3) is 5.61. The highest BCUT2D eigenvalue weighted by atomic mass is 32.2. The van der Waals surface area contributed by atoms with E-state index in [9.17, 15) is 18.0 Å². The van der Waals surface area contributed by atoms with Gasteiger partial charge in [-0.2, -0.15) is 0 Å². The van der Waals surface area contributed by atoms with E-state index in [1.54, 1.807) is 36.4 Å². The zero-order valence-electron chi connectivity index (χ0n) is 13.8. The first-order chi connectivity index (χ1) is 11.8. The number of ether oxygens (including phenoxy) is 1. The molecule has 2 amide bonds. The lowest BCUT2D eigenvalue weighted by Gasteiger charge is -2.12. The second kappa shape index (κ2) is 7.80. The fourth-order valence-electron chi connectivity index (χ4n) is 2.03. The van der Waals surface area contributed by atoms with Crippen molar-refractivity contribution in [2.24, 2.45) is 0 Å². The molecule has 2 aromatic carbocycles. The van der Waals surface area contributed by atoms with Crippen LogP contribution in [0.3, 0.4) is 0 Å². The molecule has 0 aliphatic carbocycles. The van der Waals surface area contributed by atoms with Crippen LogP contribution in [0.2, 0.25) is 0 Å². The first-order valence-electron chi connectivity index (χ1n) is 7.35. The number of carbonyl (C=O) groups is 2. The van der Waals surface area contributed by atoms with E-state index in [-0.39, 0.29) is 17.4 Å². The molecule has 0 aliphatic rings. The molecule has 0 bridgehead atoms. The van der Waals surface area contributed by atoms with Gasteiger partial charge in [-0.15, -0.1) is 0 Å². The number of sulfone groups is 1. The predicted octanol–water partition coefficient (Wildman–Crippen LogP) is 2.07. The van der Waals surface area contributed by atoms with Gasteiger partial charge in [-0.1, -0.05) is 18.2 Å². The lowest BCUT2D eigenvalue weighted by molar-refractivity contribution is -0.118. The van der Waals surface area contributed by atoms with Crippen molar-refractivity contribution in [1.29, 1.82) is 0 Å². The maximum Gasteiger partial charge on any atom is 0.262 e. The highest BCUT2D eigenvalue weighted by Crippen LogP contribution is 2.23. The van der Waals surface area contributed by atoms with Crippen LogP contribution in [0.1, 0.15) is 6.92 Å². The van der Waals surface area contributed by atoms with E-state index in [1.165, 1.54) is 19.1 Å². The van der Waals surface area contributed by atoms with E-state index in [1.807, 2.05) is 0 Å². The highest BCUT2D eigenvalue weighted by molar-refractivity contribution is 7.90. The van der Waals surface area contributed by atoms with Gasteiger partial charge in [0.15, 0.2) is 16.4 Å². The van der Waals surface area contributed by atoms with E-state index in [4.69, 9.17) is 4.74 Å². The highest BCUT2D eigenvalue weighted by Gasteiger charge is 2.10. The Morgan fingerprint density at radius 1 is 1.04 bits per heavy atom. The Morgan fingerprint density at radius 2 is 1.76 bits per heavy atom. The Hall–Kier alpha value is -2.87. The topological polar surface area (TPSA) is 102 Å². The molecule has 0 aromatic heterocycles. The number of nitrogens with one attached hydrogen (secondary N) is 2. The summed E-state index contributed by atoms with van der Waals surface area (Å²) in [6.07, 6.45) is 1.09. The lowest BCUT2D eigenvalue weighted by Crippen LogP contribution is -2.21. The van der Waals surface area contributed by atoms with Crippen molar-refractivity contribution >= 4 is 33.0 Å². The molecular formula is C17H18N2O5S. The van der Waals surface area contributed by atoms with E-state index in [0.29, 0.717) is 17.1 Å². The molecule has 0 saturated heterocycles. The lowest BCUT2D eigenvalue weighted by atomic mass is 10.3. The third-order valence-corrected chi connectivity index (χ3v) is 4.21. The average Bonchev–Trinajstić information content (AvgIpc) is 2.53. The van der Waals surface area contributed by atoms with Crippen LogP contribution >= 0.6 is 0 Å². The predicted molar refractivity (Wildman–Crippen MR) is 94.4 cm³/mol. The number of hydrogen-bond acceptors (Lipinski definition) is 5. The van der Waals surface area contributed by atoms with Crippen LogP contribution in [0.15, 0.2) is 53.4 Å². The molecule has 25 heavy (non-hydrogen) atoms. The first-order valence-corrected chi connectivity index (χ1v) is 9.24. The number of para-hydroxylation sites is 2.